The van der Waals surface area contributed by atoms with Crippen molar-refractivity contribution >= 4 is 0 Å². The molecule has 0 saturated heterocycles. The summed E-state index contributed by atoms with van der Waals surface area (Å²) in [5, 5.41) is 3.68. The molecule has 0 heterocycles. The normalized spacial score (nSPS) is 32.6. The van der Waals surface area contributed by atoms with Crippen molar-refractivity contribution in [2.75, 3.05) is 6.61 Å². The summed E-state index contributed by atoms with van der Waals surface area (Å²) in [4.78, 5) is 0. The Kier molecular flexibility index (Phi) is 3.56. The van der Waals surface area contributed by atoms with Crippen LogP contribution in [0.15, 0.2) is 0 Å². The Labute approximate surface area is 99.1 Å². The van der Waals surface area contributed by atoms with Crippen molar-refractivity contribution in [2.24, 2.45) is 5.41 Å². The molecule has 2 rings (SSSR count). The molecule has 1 N–H and O–H groups in total. The van der Waals surface area contributed by atoms with Gasteiger partial charge in [0.25, 0.3) is 0 Å². The Hall–Kier alpha value is -0.520. The van der Waals surface area contributed by atoms with Crippen LogP contribution in [0.4, 0.5) is 0 Å². The van der Waals surface area contributed by atoms with Crippen molar-refractivity contribution in [3.8, 4) is 12.3 Å². The van der Waals surface area contributed by atoms with Crippen LogP contribution in [0.25, 0.3) is 0 Å². The minimum atomic E-state index is 0.440. The van der Waals surface area contributed by atoms with Crippen LogP contribution < -0.4 is 5.32 Å². The highest BCUT2D eigenvalue weighted by Crippen LogP contribution is 2.57. The number of rotatable bonds is 5. The van der Waals surface area contributed by atoms with Gasteiger partial charge in [0.05, 0.1) is 6.10 Å². The summed E-state index contributed by atoms with van der Waals surface area (Å²) >= 11 is 0. The second-order valence-corrected chi connectivity index (χ2v) is 5.29. The van der Waals surface area contributed by atoms with Gasteiger partial charge in [0, 0.05) is 30.5 Å². The summed E-state index contributed by atoms with van der Waals surface area (Å²) in [6.45, 7) is 5.12. The highest BCUT2D eigenvalue weighted by molar-refractivity contribution is 5.12. The zero-order valence-corrected chi connectivity index (χ0v) is 10.5. The summed E-state index contributed by atoms with van der Waals surface area (Å²) in [5.74, 6) is 2.73. The van der Waals surface area contributed by atoms with Gasteiger partial charge in [-0.15, -0.1) is 12.3 Å². The van der Waals surface area contributed by atoms with Gasteiger partial charge in [0.15, 0.2) is 0 Å². The van der Waals surface area contributed by atoms with Crippen molar-refractivity contribution in [2.45, 2.75) is 64.1 Å². The van der Waals surface area contributed by atoms with Crippen molar-refractivity contribution in [3.63, 3.8) is 0 Å². The number of nitrogens with one attached hydrogen (secondary N) is 1. The summed E-state index contributed by atoms with van der Waals surface area (Å²) in [6.07, 6.45) is 11.9. The van der Waals surface area contributed by atoms with Crippen molar-refractivity contribution in [1.29, 1.82) is 0 Å². The lowest BCUT2D eigenvalue weighted by molar-refractivity contribution is -0.174. The Balaban J connectivity index is 1.86. The van der Waals surface area contributed by atoms with E-state index in [2.05, 4.69) is 25.1 Å². The van der Waals surface area contributed by atoms with Gasteiger partial charge in [-0.3, -0.25) is 0 Å². The van der Waals surface area contributed by atoms with E-state index < -0.39 is 0 Å². The van der Waals surface area contributed by atoms with Gasteiger partial charge in [0.2, 0.25) is 0 Å². The quantitative estimate of drug-likeness (QED) is 0.719. The summed E-state index contributed by atoms with van der Waals surface area (Å²) in [5.41, 5.74) is 0.457. The summed E-state index contributed by atoms with van der Waals surface area (Å²) in [7, 11) is 0. The van der Waals surface area contributed by atoms with E-state index in [0.717, 1.165) is 13.0 Å². The molecule has 2 aliphatic carbocycles. The molecular weight excluding hydrogens is 198 g/mol. The first-order valence-electron chi connectivity index (χ1n) is 6.54. The van der Waals surface area contributed by atoms with Crippen molar-refractivity contribution in [1.82, 2.24) is 5.32 Å². The molecule has 0 radical (unpaired) electrons. The molecule has 0 aromatic rings. The molecule has 2 heteroatoms. The lowest BCUT2D eigenvalue weighted by Gasteiger charge is -2.61. The highest BCUT2D eigenvalue weighted by Gasteiger charge is 2.58. The third-order valence-corrected chi connectivity index (χ3v) is 4.35. The number of terminal acetylenes is 1. The predicted molar refractivity (Wildman–Crippen MR) is 66.2 cm³/mol. The number of hydrogen-bond donors (Lipinski definition) is 1. The van der Waals surface area contributed by atoms with Gasteiger partial charge in [-0.2, -0.15) is 0 Å². The van der Waals surface area contributed by atoms with E-state index in [0.29, 0.717) is 23.6 Å². The molecule has 16 heavy (non-hydrogen) atoms. The summed E-state index contributed by atoms with van der Waals surface area (Å²) < 4.78 is 5.83. The zero-order valence-electron chi connectivity index (χ0n) is 10.5. The van der Waals surface area contributed by atoms with Gasteiger partial charge in [-0.05, 0) is 33.1 Å². The van der Waals surface area contributed by atoms with Crippen molar-refractivity contribution in [3.05, 3.63) is 0 Å². The molecule has 0 aromatic carbocycles. The predicted octanol–water partition coefficient (Wildman–Crippen LogP) is 2.34. The zero-order chi connectivity index (χ0) is 11.6. The van der Waals surface area contributed by atoms with Crippen LogP contribution >= 0.6 is 0 Å². The lowest BCUT2D eigenvalue weighted by Crippen LogP contribution is -2.67. The molecule has 3 atom stereocenters. The van der Waals surface area contributed by atoms with E-state index in [1.54, 1.807) is 0 Å². The summed E-state index contributed by atoms with van der Waals surface area (Å²) in [6, 6.07) is 1.08. The van der Waals surface area contributed by atoms with Crippen LogP contribution in [0.1, 0.15) is 46.0 Å². The van der Waals surface area contributed by atoms with Crippen LogP contribution in [0.2, 0.25) is 0 Å². The molecule has 1 spiro atoms. The van der Waals surface area contributed by atoms with Gasteiger partial charge in [-0.25, -0.2) is 0 Å². The van der Waals surface area contributed by atoms with Crippen LogP contribution in [0, 0.1) is 17.8 Å². The molecule has 0 aliphatic heterocycles. The first-order chi connectivity index (χ1) is 7.73. The third kappa shape index (κ3) is 1.87. The molecule has 0 amide bonds. The topological polar surface area (TPSA) is 21.3 Å². The van der Waals surface area contributed by atoms with Crippen LogP contribution in [-0.4, -0.2) is 24.8 Å². The van der Waals surface area contributed by atoms with E-state index in [1.165, 1.54) is 25.7 Å². The fraction of sp³-hybridized carbons (Fsp3) is 0.857. The second-order valence-electron chi connectivity index (χ2n) is 5.29. The maximum atomic E-state index is 5.83. The average molecular weight is 221 g/mol. The van der Waals surface area contributed by atoms with Gasteiger partial charge in [0.1, 0.15) is 0 Å². The smallest absolute Gasteiger partial charge is 0.0661 e. The molecule has 2 saturated carbocycles. The monoisotopic (exact) mass is 221 g/mol. The molecule has 2 aliphatic rings. The maximum Gasteiger partial charge on any atom is 0.0661 e. The molecule has 0 bridgehead atoms. The Morgan fingerprint density at radius 1 is 1.56 bits per heavy atom. The van der Waals surface area contributed by atoms with Gasteiger partial charge < -0.3 is 10.1 Å². The SMILES string of the molecule is C#CCC(C)NC1CC(OCC)C12CCC2. The van der Waals surface area contributed by atoms with E-state index in [-0.39, 0.29) is 0 Å². The fourth-order valence-electron chi connectivity index (χ4n) is 3.25. The molecule has 3 unspecified atom stereocenters. The lowest BCUT2D eigenvalue weighted by atomic mass is 9.51. The standard InChI is InChI=1S/C14H23NO/c1-4-7-11(3)15-12-10-13(16-5-2)14(12)8-6-9-14/h1,11-13,15H,5-10H2,2-3H3. The first kappa shape index (κ1) is 12.0. The molecule has 0 aromatic heterocycles. The number of ether oxygens (including phenoxy) is 1. The largest absolute Gasteiger partial charge is 0.378 e. The Morgan fingerprint density at radius 3 is 2.81 bits per heavy atom. The minimum Gasteiger partial charge on any atom is -0.378 e. The molecule has 2 nitrogen and oxygen atoms in total. The molecule has 2 fully saturated rings. The van der Waals surface area contributed by atoms with E-state index >= 15 is 0 Å². The maximum absolute atomic E-state index is 5.83. The number of hydrogen-bond acceptors (Lipinski definition) is 2. The molecular formula is C14H23NO. The fourth-order valence-corrected chi connectivity index (χ4v) is 3.25. The van der Waals surface area contributed by atoms with Crippen LogP contribution in [0.5, 0.6) is 0 Å². The van der Waals surface area contributed by atoms with E-state index in [1.807, 2.05) is 0 Å². The molecule has 90 valence electrons. The van der Waals surface area contributed by atoms with Crippen molar-refractivity contribution < 1.29 is 4.74 Å². The first-order valence-corrected chi connectivity index (χ1v) is 6.54. The van der Waals surface area contributed by atoms with Gasteiger partial charge in [-0.1, -0.05) is 6.42 Å². The Bertz CT molecular complexity index is 277. The minimum absolute atomic E-state index is 0.440. The van der Waals surface area contributed by atoms with Crippen LogP contribution in [0.3, 0.4) is 0 Å². The van der Waals surface area contributed by atoms with E-state index in [4.69, 9.17) is 11.2 Å². The van der Waals surface area contributed by atoms with Gasteiger partial charge >= 0.3 is 0 Å². The van der Waals surface area contributed by atoms with Crippen LogP contribution in [-0.2, 0) is 4.74 Å². The van der Waals surface area contributed by atoms with E-state index in [9.17, 15) is 0 Å². The third-order valence-electron chi connectivity index (χ3n) is 4.35. The average Bonchev–Trinajstić information content (AvgIpc) is 2.13. The highest BCUT2D eigenvalue weighted by atomic mass is 16.5. The second kappa shape index (κ2) is 4.77. The Morgan fingerprint density at radius 2 is 2.31 bits per heavy atom.